The minimum Gasteiger partial charge on any atom is -0.493 e. The summed E-state index contributed by atoms with van der Waals surface area (Å²) in [6.07, 6.45) is 3.33. The van der Waals surface area contributed by atoms with E-state index in [1.54, 1.807) is 32.8 Å². The van der Waals surface area contributed by atoms with Crippen LogP contribution < -0.4 is 15.2 Å². The minimum atomic E-state index is 0.494. The van der Waals surface area contributed by atoms with Crippen molar-refractivity contribution in [3.05, 3.63) is 61.1 Å². The van der Waals surface area contributed by atoms with E-state index in [1.807, 2.05) is 36.4 Å². The van der Waals surface area contributed by atoms with Crippen LogP contribution in [0, 0.1) is 0 Å². The molecule has 0 amide bonds. The molecule has 0 aliphatic carbocycles. The Bertz CT molecular complexity index is 1110. The predicted molar refractivity (Wildman–Crippen MR) is 106 cm³/mol. The van der Waals surface area contributed by atoms with Crippen LogP contribution in [0.25, 0.3) is 33.3 Å². The molecule has 0 bridgehead atoms. The van der Waals surface area contributed by atoms with Crippen molar-refractivity contribution < 1.29 is 9.47 Å². The van der Waals surface area contributed by atoms with Gasteiger partial charge in [0.05, 0.1) is 25.4 Å². The molecule has 2 heterocycles. The van der Waals surface area contributed by atoms with Crippen molar-refractivity contribution in [2.24, 2.45) is 0 Å². The van der Waals surface area contributed by atoms with E-state index in [0.29, 0.717) is 17.3 Å². The summed E-state index contributed by atoms with van der Waals surface area (Å²) in [5.41, 5.74) is 10.3. The van der Waals surface area contributed by atoms with E-state index >= 15 is 0 Å². The van der Waals surface area contributed by atoms with Crippen LogP contribution in [0.3, 0.4) is 0 Å². The van der Waals surface area contributed by atoms with Gasteiger partial charge in [0.25, 0.3) is 0 Å². The highest BCUT2D eigenvalue weighted by atomic mass is 16.5. The zero-order valence-corrected chi connectivity index (χ0v) is 15.0. The largest absolute Gasteiger partial charge is 0.493 e. The fraction of sp³-hybridized carbons (Fsp3) is 0.0952. The first kappa shape index (κ1) is 16.8. The molecule has 4 rings (SSSR count). The molecule has 0 saturated heterocycles. The minimum absolute atomic E-state index is 0.494. The van der Waals surface area contributed by atoms with Crippen LogP contribution >= 0.6 is 0 Å². The third kappa shape index (κ3) is 3.13. The quantitative estimate of drug-likeness (QED) is 0.594. The van der Waals surface area contributed by atoms with E-state index in [1.165, 1.54) is 0 Å². The highest BCUT2D eigenvalue weighted by molar-refractivity contribution is 5.95. The average molecular weight is 358 g/mol. The van der Waals surface area contributed by atoms with E-state index < -0.39 is 0 Å². The highest BCUT2D eigenvalue weighted by Crippen LogP contribution is 2.35. The van der Waals surface area contributed by atoms with Crippen LogP contribution in [-0.4, -0.2) is 29.2 Å². The maximum absolute atomic E-state index is 5.69. The van der Waals surface area contributed by atoms with E-state index in [9.17, 15) is 0 Å². The number of nitrogens with zero attached hydrogens (tertiary/aromatic N) is 3. The summed E-state index contributed by atoms with van der Waals surface area (Å²) in [6.45, 7) is 0. The molecule has 0 aliphatic heterocycles. The van der Waals surface area contributed by atoms with Gasteiger partial charge in [-0.3, -0.25) is 0 Å². The van der Waals surface area contributed by atoms with Gasteiger partial charge in [0.1, 0.15) is 12.1 Å². The number of nitrogen functional groups attached to an aromatic ring is 1. The van der Waals surface area contributed by atoms with E-state index in [4.69, 9.17) is 15.2 Å². The molecule has 2 aromatic carbocycles. The number of ether oxygens (including phenoxy) is 2. The molecule has 6 nitrogen and oxygen atoms in total. The first-order valence-electron chi connectivity index (χ1n) is 8.38. The summed E-state index contributed by atoms with van der Waals surface area (Å²) in [5.74, 6) is 1.82. The standard InChI is InChI=1S/C21H18N4O2/c1-26-18-7-4-14(10-19(18)27-2)21-16-9-13(3-6-17(16)24-12-25-21)15-5-8-20(22)23-11-15/h3-12H,1-2H3,(H2,22,23). The Morgan fingerprint density at radius 3 is 2.26 bits per heavy atom. The van der Waals surface area contributed by atoms with Crippen molar-refractivity contribution in [1.29, 1.82) is 0 Å². The summed E-state index contributed by atoms with van der Waals surface area (Å²) in [4.78, 5) is 13.1. The molecule has 27 heavy (non-hydrogen) atoms. The molecule has 0 aliphatic rings. The summed E-state index contributed by atoms with van der Waals surface area (Å²) < 4.78 is 10.8. The van der Waals surface area contributed by atoms with Crippen molar-refractivity contribution in [1.82, 2.24) is 15.0 Å². The van der Waals surface area contributed by atoms with Gasteiger partial charge < -0.3 is 15.2 Å². The van der Waals surface area contributed by atoms with Crippen LogP contribution in [-0.2, 0) is 0 Å². The van der Waals surface area contributed by atoms with Crippen molar-refractivity contribution in [3.63, 3.8) is 0 Å². The average Bonchev–Trinajstić information content (AvgIpc) is 2.73. The molecule has 0 atom stereocenters. The Morgan fingerprint density at radius 1 is 0.741 bits per heavy atom. The zero-order valence-electron chi connectivity index (χ0n) is 15.0. The third-order valence-corrected chi connectivity index (χ3v) is 4.41. The topological polar surface area (TPSA) is 83.2 Å². The van der Waals surface area contributed by atoms with E-state index in [2.05, 4.69) is 21.0 Å². The van der Waals surface area contributed by atoms with Crippen LogP contribution in [0.4, 0.5) is 5.82 Å². The van der Waals surface area contributed by atoms with Gasteiger partial charge in [-0.1, -0.05) is 6.07 Å². The third-order valence-electron chi connectivity index (χ3n) is 4.41. The van der Waals surface area contributed by atoms with Gasteiger partial charge in [0.15, 0.2) is 11.5 Å². The SMILES string of the molecule is COc1ccc(-c2ncnc3ccc(-c4ccc(N)nc4)cc23)cc1OC. The molecule has 0 radical (unpaired) electrons. The smallest absolute Gasteiger partial charge is 0.161 e. The number of rotatable bonds is 4. The van der Waals surface area contributed by atoms with Crippen LogP contribution in [0.2, 0.25) is 0 Å². The number of anilines is 1. The van der Waals surface area contributed by atoms with Gasteiger partial charge in [0, 0.05) is 22.7 Å². The molecular formula is C21H18N4O2. The van der Waals surface area contributed by atoms with Crippen LogP contribution in [0.5, 0.6) is 11.5 Å². The molecule has 6 heteroatoms. The number of hydrogen-bond acceptors (Lipinski definition) is 6. The molecule has 134 valence electrons. The maximum Gasteiger partial charge on any atom is 0.161 e. The lowest BCUT2D eigenvalue weighted by atomic mass is 10.0. The maximum atomic E-state index is 5.69. The lowest BCUT2D eigenvalue weighted by Crippen LogP contribution is -1.94. The second kappa shape index (κ2) is 6.92. The monoisotopic (exact) mass is 358 g/mol. The lowest BCUT2D eigenvalue weighted by Gasteiger charge is -2.11. The van der Waals surface area contributed by atoms with E-state index in [-0.39, 0.29) is 0 Å². The summed E-state index contributed by atoms with van der Waals surface area (Å²) in [5, 5.41) is 0.944. The number of fused-ring (bicyclic) bond motifs is 1. The summed E-state index contributed by atoms with van der Waals surface area (Å²) in [7, 11) is 3.23. The molecule has 2 aromatic heterocycles. The van der Waals surface area contributed by atoms with Crippen LogP contribution in [0.1, 0.15) is 0 Å². The highest BCUT2D eigenvalue weighted by Gasteiger charge is 2.12. The van der Waals surface area contributed by atoms with Gasteiger partial charge in [-0.2, -0.15) is 0 Å². The number of aromatic nitrogens is 3. The first-order valence-corrected chi connectivity index (χ1v) is 8.38. The van der Waals surface area contributed by atoms with Crippen molar-refractivity contribution in [2.45, 2.75) is 0 Å². The van der Waals surface area contributed by atoms with Crippen molar-refractivity contribution >= 4 is 16.7 Å². The van der Waals surface area contributed by atoms with Gasteiger partial charge in [-0.15, -0.1) is 0 Å². The predicted octanol–water partition coefficient (Wildman–Crippen LogP) is 3.96. The number of benzene rings is 2. The molecule has 0 unspecified atom stereocenters. The Labute approximate surface area is 156 Å². The lowest BCUT2D eigenvalue weighted by molar-refractivity contribution is 0.355. The molecule has 0 saturated carbocycles. The Hall–Kier alpha value is -3.67. The first-order chi connectivity index (χ1) is 13.2. The Kier molecular flexibility index (Phi) is 4.30. The fourth-order valence-electron chi connectivity index (χ4n) is 3.03. The number of pyridine rings is 1. The normalized spacial score (nSPS) is 10.7. The zero-order chi connectivity index (χ0) is 18.8. The second-order valence-corrected chi connectivity index (χ2v) is 6.00. The number of hydrogen-bond donors (Lipinski definition) is 1. The second-order valence-electron chi connectivity index (χ2n) is 6.00. The number of nitrogens with two attached hydrogens (primary N) is 1. The Morgan fingerprint density at radius 2 is 1.52 bits per heavy atom. The summed E-state index contributed by atoms with van der Waals surface area (Å²) in [6, 6.07) is 15.5. The van der Waals surface area contributed by atoms with Crippen LogP contribution in [0.15, 0.2) is 61.1 Å². The fourth-order valence-corrected chi connectivity index (χ4v) is 3.03. The molecule has 2 N–H and O–H groups in total. The molecular weight excluding hydrogens is 340 g/mol. The van der Waals surface area contributed by atoms with E-state index in [0.717, 1.165) is 33.3 Å². The summed E-state index contributed by atoms with van der Waals surface area (Å²) >= 11 is 0. The van der Waals surface area contributed by atoms with Gasteiger partial charge in [0.2, 0.25) is 0 Å². The Balaban J connectivity index is 1.88. The number of methoxy groups -OCH3 is 2. The van der Waals surface area contributed by atoms with Gasteiger partial charge >= 0.3 is 0 Å². The van der Waals surface area contributed by atoms with Gasteiger partial charge in [-0.05, 0) is 48.0 Å². The molecule has 4 aromatic rings. The molecule has 0 spiro atoms. The van der Waals surface area contributed by atoms with Gasteiger partial charge in [-0.25, -0.2) is 15.0 Å². The molecule has 0 fully saturated rings. The van der Waals surface area contributed by atoms with Crippen molar-refractivity contribution in [2.75, 3.05) is 20.0 Å². The van der Waals surface area contributed by atoms with Crippen molar-refractivity contribution in [3.8, 4) is 33.9 Å².